The molecule has 0 spiro atoms. The third kappa shape index (κ3) is 3.68. The number of aliphatic hydroxyl groups is 2. The van der Waals surface area contributed by atoms with Gasteiger partial charge in [-0.2, -0.15) is 4.98 Å². The minimum Gasteiger partial charge on any atom is -0.474 e. The average molecular weight is 402 g/mol. The molecule has 5 saturated carbocycles. The van der Waals surface area contributed by atoms with E-state index in [1.165, 1.54) is 6.20 Å². The van der Waals surface area contributed by atoms with Crippen molar-refractivity contribution in [1.29, 1.82) is 0 Å². The standard InChI is InChI=1S/C21H30N4O4/c26-5-4-22-20-23-11-16(19(25-20)29-15-2-1-3-15)18(27)24-17-13-6-12-7-14(17)10-21(28,8-12)9-13/h11-15,17,26,28H,1-10H2,(H,24,27)(H,22,23,25)/t12?,13-,14+,17?,21?. The number of ether oxygens (including phenoxy) is 1. The van der Waals surface area contributed by atoms with Crippen LogP contribution in [-0.4, -0.2) is 57.0 Å². The van der Waals surface area contributed by atoms with Crippen molar-refractivity contribution in [2.75, 3.05) is 18.5 Å². The molecule has 29 heavy (non-hydrogen) atoms. The van der Waals surface area contributed by atoms with Gasteiger partial charge >= 0.3 is 0 Å². The number of carbonyl (C=O) groups is 1. The van der Waals surface area contributed by atoms with E-state index in [4.69, 9.17) is 9.84 Å². The Bertz CT molecular complexity index is 768. The number of aromatic nitrogens is 2. The van der Waals surface area contributed by atoms with Gasteiger partial charge in [-0.15, -0.1) is 0 Å². The molecule has 0 saturated heterocycles. The highest BCUT2D eigenvalue weighted by Crippen LogP contribution is 2.55. The summed E-state index contributed by atoms with van der Waals surface area (Å²) >= 11 is 0. The highest BCUT2D eigenvalue weighted by atomic mass is 16.5. The van der Waals surface area contributed by atoms with Crippen LogP contribution >= 0.6 is 0 Å². The average Bonchev–Trinajstić information content (AvgIpc) is 2.64. The van der Waals surface area contributed by atoms with Gasteiger partial charge in [-0.25, -0.2) is 4.98 Å². The van der Waals surface area contributed by atoms with Crippen LogP contribution in [0.1, 0.15) is 61.7 Å². The van der Waals surface area contributed by atoms with E-state index in [9.17, 15) is 9.90 Å². The number of hydrogen-bond acceptors (Lipinski definition) is 7. The van der Waals surface area contributed by atoms with E-state index in [0.29, 0.717) is 41.7 Å². The van der Waals surface area contributed by atoms with Gasteiger partial charge in [0.05, 0.1) is 12.2 Å². The normalized spacial score (nSPS) is 35.2. The van der Waals surface area contributed by atoms with Crippen LogP contribution in [0.15, 0.2) is 6.20 Å². The lowest BCUT2D eigenvalue weighted by Crippen LogP contribution is -2.61. The first-order valence-electron chi connectivity index (χ1n) is 10.9. The number of rotatable bonds is 7. The van der Waals surface area contributed by atoms with E-state index in [1.807, 2.05) is 0 Å². The predicted octanol–water partition coefficient (Wildman–Crippen LogP) is 1.48. The number of aliphatic hydroxyl groups excluding tert-OH is 1. The lowest BCUT2D eigenvalue weighted by molar-refractivity contribution is -0.136. The van der Waals surface area contributed by atoms with Crippen LogP contribution in [0.25, 0.3) is 0 Å². The van der Waals surface area contributed by atoms with Crippen molar-refractivity contribution >= 4 is 11.9 Å². The number of anilines is 1. The highest BCUT2D eigenvalue weighted by Gasteiger charge is 2.55. The molecule has 5 fully saturated rings. The Morgan fingerprint density at radius 3 is 2.62 bits per heavy atom. The fraction of sp³-hybridized carbons (Fsp3) is 0.762. The Hall–Kier alpha value is -1.93. The van der Waals surface area contributed by atoms with Crippen molar-refractivity contribution in [3.8, 4) is 5.88 Å². The van der Waals surface area contributed by atoms with Crippen LogP contribution in [0, 0.1) is 17.8 Å². The van der Waals surface area contributed by atoms with Crippen molar-refractivity contribution in [1.82, 2.24) is 15.3 Å². The van der Waals surface area contributed by atoms with Gasteiger partial charge in [-0.05, 0) is 69.1 Å². The zero-order chi connectivity index (χ0) is 20.0. The maximum Gasteiger partial charge on any atom is 0.258 e. The Morgan fingerprint density at radius 2 is 2.00 bits per heavy atom. The van der Waals surface area contributed by atoms with E-state index in [1.54, 1.807) is 0 Å². The first-order valence-corrected chi connectivity index (χ1v) is 10.9. The van der Waals surface area contributed by atoms with Gasteiger partial charge in [0.1, 0.15) is 11.7 Å². The monoisotopic (exact) mass is 402 g/mol. The molecule has 4 bridgehead atoms. The zero-order valence-corrected chi connectivity index (χ0v) is 16.6. The molecule has 158 valence electrons. The van der Waals surface area contributed by atoms with E-state index in [2.05, 4.69) is 20.6 Å². The first kappa shape index (κ1) is 19.1. The second-order valence-corrected chi connectivity index (χ2v) is 9.43. The second-order valence-electron chi connectivity index (χ2n) is 9.43. The Balaban J connectivity index is 1.33. The molecule has 1 aromatic rings. The fourth-order valence-corrected chi connectivity index (χ4v) is 5.96. The SMILES string of the molecule is O=C(NC1[C@@H]2CC3C[C@H]1CC(O)(C3)C2)c1cnc(NCCO)nc1OC1CCC1. The topological polar surface area (TPSA) is 117 Å². The van der Waals surface area contributed by atoms with Crippen molar-refractivity contribution in [3.05, 3.63) is 11.8 Å². The summed E-state index contributed by atoms with van der Waals surface area (Å²) in [6, 6.07) is 0.100. The summed E-state index contributed by atoms with van der Waals surface area (Å²) < 4.78 is 5.99. The van der Waals surface area contributed by atoms with Crippen LogP contribution < -0.4 is 15.4 Å². The van der Waals surface area contributed by atoms with Crippen LogP contribution in [0.3, 0.4) is 0 Å². The molecule has 0 aromatic carbocycles. The molecular formula is C21H30N4O4. The number of carbonyl (C=O) groups excluding carboxylic acids is 1. The van der Waals surface area contributed by atoms with Gasteiger partial charge in [0.15, 0.2) is 0 Å². The summed E-state index contributed by atoms with van der Waals surface area (Å²) in [6.07, 6.45) is 9.36. The molecule has 1 heterocycles. The summed E-state index contributed by atoms with van der Waals surface area (Å²) in [6.45, 7) is 0.312. The lowest BCUT2D eigenvalue weighted by atomic mass is 9.52. The summed E-state index contributed by atoms with van der Waals surface area (Å²) in [4.78, 5) is 21.8. The molecule has 8 nitrogen and oxygen atoms in total. The molecule has 5 aliphatic rings. The van der Waals surface area contributed by atoms with Crippen LogP contribution in [-0.2, 0) is 0 Å². The lowest BCUT2D eigenvalue weighted by Gasteiger charge is -2.58. The minimum absolute atomic E-state index is 0.0256. The van der Waals surface area contributed by atoms with Crippen LogP contribution in [0.2, 0.25) is 0 Å². The fourth-order valence-electron chi connectivity index (χ4n) is 5.96. The predicted molar refractivity (Wildman–Crippen MR) is 106 cm³/mol. The summed E-state index contributed by atoms with van der Waals surface area (Å²) in [5, 5.41) is 25.9. The molecule has 0 aliphatic heterocycles. The second kappa shape index (κ2) is 7.40. The maximum absolute atomic E-state index is 13.2. The number of hydrogen-bond donors (Lipinski definition) is 4. The number of amides is 1. The van der Waals surface area contributed by atoms with Crippen LogP contribution in [0.4, 0.5) is 5.95 Å². The molecule has 1 aromatic heterocycles. The quantitative estimate of drug-likeness (QED) is 0.546. The van der Waals surface area contributed by atoms with Crippen molar-refractivity contribution in [2.24, 2.45) is 17.8 Å². The van der Waals surface area contributed by atoms with Gasteiger partial charge in [0.25, 0.3) is 5.91 Å². The van der Waals surface area contributed by atoms with Gasteiger partial charge in [0, 0.05) is 18.8 Å². The van der Waals surface area contributed by atoms with E-state index in [0.717, 1.165) is 51.4 Å². The maximum atomic E-state index is 13.2. The van der Waals surface area contributed by atoms with Crippen molar-refractivity contribution < 1.29 is 19.7 Å². The largest absolute Gasteiger partial charge is 0.474 e. The van der Waals surface area contributed by atoms with Crippen LogP contribution in [0.5, 0.6) is 5.88 Å². The molecule has 1 amide bonds. The molecule has 8 heteroatoms. The summed E-state index contributed by atoms with van der Waals surface area (Å²) in [5.74, 6) is 1.75. The van der Waals surface area contributed by atoms with Gasteiger partial charge in [-0.1, -0.05) is 0 Å². The molecule has 4 N–H and O–H groups in total. The smallest absolute Gasteiger partial charge is 0.258 e. The third-order valence-electron chi connectivity index (χ3n) is 7.26. The van der Waals surface area contributed by atoms with Gasteiger partial charge < -0.3 is 25.6 Å². The highest BCUT2D eigenvalue weighted by molar-refractivity contribution is 5.96. The molecule has 3 unspecified atom stereocenters. The van der Waals surface area contributed by atoms with E-state index < -0.39 is 5.60 Å². The molecule has 0 radical (unpaired) electrons. The zero-order valence-electron chi connectivity index (χ0n) is 16.6. The Morgan fingerprint density at radius 1 is 1.24 bits per heavy atom. The third-order valence-corrected chi connectivity index (χ3v) is 7.26. The van der Waals surface area contributed by atoms with Crippen molar-refractivity contribution in [2.45, 2.75) is 69.1 Å². The molecule has 5 aliphatic carbocycles. The summed E-state index contributed by atoms with van der Waals surface area (Å²) in [7, 11) is 0. The first-order chi connectivity index (χ1) is 14.0. The van der Waals surface area contributed by atoms with E-state index >= 15 is 0 Å². The Labute approximate surface area is 170 Å². The van der Waals surface area contributed by atoms with E-state index in [-0.39, 0.29) is 24.7 Å². The molecule has 6 rings (SSSR count). The van der Waals surface area contributed by atoms with Crippen molar-refractivity contribution in [3.63, 3.8) is 0 Å². The minimum atomic E-state index is -0.515. The number of nitrogens with zero attached hydrogens (tertiary/aromatic N) is 2. The number of nitrogens with one attached hydrogen (secondary N) is 2. The van der Waals surface area contributed by atoms with Gasteiger partial charge in [0.2, 0.25) is 11.8 Å². The molecule has 5 atom stereocenters. The molecular weight excluding hydrogens is 372 g/mol. The summed E-state index contributed by atoms with van der Waals surface area (Å²) in [5.41, 5.74) is -0.154. The Kier molecular flexibility index (Phi) is 4.86. The van der Waals surface area contributed by atoms with Gasteiger partial charge in [-0.3, -0.25) is 4.79 Å².